The quantitative estimate of drug-likeness (QED) is 0.185. The molecule has 7 aromatic carbocycles. The number of nitrogens with zero attached hydrogens (tertiary/aromatic N) is 5. The lowest BCUT2D eigenvalue weighted by Crippen LogP contribution is -2.05. The van der Waals surface area contributed by atoms with Crippen LogP contribution in [0.3, 0.4) is 0 Å². The van der Waals surface area contributed by atoms with Crippen LogP contribution in [0.15, 0.2) is 164 Å². The molecular formula is C47H27N5S. The molecule has 0 aliphatic heterocycles. The average molecular weight is 694 g/mol. The van der Waals surface area contributed by atoms with E-state index in [1.54, 1.807) is 0 Å². The van der Waals surface area contributed by atoms with Gasteiger partial charge >= 0.3 is 0 Å². The van der Waals surface area contributed by atoms with Gasteiger partial charge in [-0.1, -0.05) is 121 Å². The molecule has 0 atom stereocenters. The fourth-order valence-corrected chi connectivity index (χ4v) is 9.56. The molecule has 0 N–H and O–H groups in total. The van der Waals surface area contributed by atoms with E-state index in [4.69, 9.17) is 15.0 Å². The zero-order valence-corrected chi connectivity index (χ0v) is 29.0. The van der Waals surface area contributed by atoms with E-state index in [1.165, 1.54) is 30.9 Å². The van der Waals surface area contributed by atoms with Crippen molar-refractivity contribution < 1.29 is 0 Å². The van der Waals surface area contributed by atoms with Gasteiger partial charge in [-0.25, -0.2) is 15.0 Å². The summed E-state index contributed by atoms with van der Waals surface area (Å²) in [7, 11) is 0. The number of imidazole rings is 1. The first-order valence-electron chi connectivity index (χ1n) is 17.8. The van der Waals surface area contributed by atoms with Gasteiger partial charge in [-0.3, -0.25) is 8.97 Å². The van der Waals surface area contributed by atoms with Crippen LogP contribution >= 0.6 is 11.3 Å². The van der Waals surface area contributed by atoms with E-state index >= 15 is 0 Å². The molecule has 6 heteroatoms. The maximum atomic E-state index is 5.49. The summed E-state index contributed by atoms with van der Waals surface area (Å²) in [6.45, 7) is 0. The van der Waals surface area contributed by atoms with Gasteiger partial charge in [0.1, 0.15) is 5.65 Å². The molecular weight excluding hydrogens is 667 g/mol. The highest BCUT2D eigenvalue weighted by molar-refractivity contribution is 7.25. The fraction of sp³-hybridized carbons (Fsp3) is 0. The van der Waals surface area contributed by atoms with Gasteiger partial charge in [0.15, 0.2) is 0 Å². The van der Waals surface area contributed by atoms with Crippen LogP contribution < -0.4 is 0 Å². The lowest BCUT2D eigenvalue weighted by atomic mass is 10.0. The molecule has 0 fully saturated rings. The number of para-hydroxylation sites is 3. The van der Waals surface area contributed by atoms with Crippen molar-refractivity contribution in [2.45, 2.75) is 0 Å². The summed E-state index contributed by atoms with van der Waals surface area (Å²) in [4.78, 5) is 16.2. The SMILES string of the molecule is c1ccc(-c2nc(-n3c(-c4ccccc4)c4c5c(cccc53)c3cc5sc6ccccc6c5cc3n3c5ccccc5nc43)nc3ccccc23)cc1. The standard InChI is InChI=1S/C47H27N5S/c1-3-14-28(15-4-1)44-32-19-7-9-21-35(32)49-47(50-44)52-38-24-13-20-31-33-27-41-34(30-18-8-12-25-40(30)53-41)26-39(33)51-37-23-11-10-22-36(37)48-46(51)43(42(31)38)45(52)29-16-5-2-6-17-29/h1-27H. The maximum Gasteiger partial charge on any atom is 0.235 e. The van der Waals surface area contributed by atoms with E-state index < -0.39 is 0 Å². The summed E-state index contributed by atoms with van der Waals surface area (Å²) >= 11 is 1.85. The van der Waals surface area contributed by atoms with E-state index in [-0.39, 0.29) is 0 Å². The summed E-state index contributed by atoms with van der Waals surface area (Å²) in [6, 6.07) is 58.1. The minimum atomic E-state index is 0.623. The zero-order valence-electron chi connectivity index (χ0n) is 28.2. The van der Waals surface area contributed by atoms with Gasteiger partial charge < -0.3 is 0 Å². The molecule has 53 heavy (non-hydrogen) atoms. The second kappa shape index (κ2) is 10.8. The normalized spacial score (nSPS) is 12.2. The first-order valence-corrected chi connectivity index (χ1v) is 18.6. The van der Waals surface area contributed by atoms with Crippen LogP contribution in [0.2, 0.25) is 0 Å². The van der Waals surface area contributed by atoms with Crippen LogP contribution in [-0.4, -0.2) is 23.9 Å². The Balaban J connectivity index is 1.35. The highest BCUT2D eigenvalue weighted by Crippen LogP contribution is 2.46. The number of thiophene rings is 1. The van der Waals surface area contributed by atoms with Gasteiger partial charge in [-0.2, -0.15) is 0 Å². The van der Waals surface area contributed by atoms with Crippen molar-refractivity contribution >= 4 is 91.7 Å². The van der Waals surface area contributed by atoms with Crippen LogP contribution in [0.4, 0.5) is 0 Å². The molecule has 0 bridgehead atoms. The van der Waals surface area contributed by atoms with E-state index in [9.17, 15) is 0 Å². The summed E-state index contributed by atoms with van der Waals surface area (Å²) in [5.74, 6) is 0.623. The van der Waals surface area contributed by atoms with Crippen molar-refractivity contribution in [1.82, 2.24) is 23.9 Å². The Morgan fingerprint density at radius 2 is 1.09 bits per heavy atom. The molecule has 12 rings (SSSR count). The summed E-state index contributed by atoms with van der Waals surface area (Å²) in [5.41, 5.74) is 10.0. The second-order valence-electron chi connectivity index (χ2n) is 13.6. The highest BCUT2D eigenvalue weighted by Gasteiger charge is 2.26. The Labute approximate surface area is 306 Å². The number of fused-ring (bicyclic) bond motifs is 11. The van der Waals surface area contributed by atoms with E-state index in [0.29, 0.717) is 5.95 Å². The van der Waals surface area contributed by atoms with E-state index in [2.05, 4.69) is 167 Å². The van der Waals surface area contributed by atoms with Gasteiger partial charge in [0, 0.05) is 41.9 Å². The van der Waals surface area contributed by atoms with Crippen LogP contribution in [0.5, 0.6) is 0 Å². The Bertz CT molecular complexity index is 3450. The number of hydrogen-bond acceptors (Lipinski definition) is 4. The zero-order chi connectivity index (χ0) is 34.6. The van der Waals surface area contributed by atoms with E-state index in [1.807, 2.05) is 17.4 Å². The molecule has 0 saturated heterocycles. The minimum Gasteiger partial charge on any atom is -0.292 e. The number of aromatic nitrogens is 5. The molecule has 0 amide bonds. The molecule has 5 nitrogen and oxygen atoms in total. The van der Waals surface area contributed by atoms with Crippen molar-refractivity contribution in [3.8, 4) is 28.5 Å². The van der Waals surface area contributed by atoms with Gasteiger partial charge in [0.05, 0.1) is 44.4 Å². The molecule has 0 radical (unpaired) electrons. The smallest absolute Gasteiger partial charge is 0.235 e. The third kappa shape index (κ3) is 4.04. The van der Waals surface area contributed by atoms with Crippen molar-refractivity contribution in [3.05, 3.63) is 164 Å². The lowest BCUT2D eigenvalue weighted by Gasteiger charge is -2.14. The van der Waals surface area contributed by atoms with Gasteiger partial charge in [-0.05, 0) is 53.4 Å². The fourth-order valence-electron chi connectivity index (χ4n) is 8.44. The minimum absolute atomic E-state index is 0.623. The monoisotopic (exact) mass is 693 g/mol. The predicted octanol–water partition coefficient (Wildman–Crippen LogP) is 12.4. The van der Waals surface area contributed by atoms with Crippen LogP contribution in [0.25, 0.3) is 109 Å². The number of benzene rings is 7. The van der Waals surface area contributed by atoms with Gasteiger partial charge in [-0.15, -0.1) is 11.3 Å². The van der Waals surface area contributed by atoms with Crippen LogP contribution in [0.1, 0.15) is 0 Å². The first-order chi connectivity index (χ1) is 26.3. The summed E-state index contributed by atoms with van der Waals surface area (Å²) in [6.07, 6.45) is 0. The first kappa shape index (κ1) is 28.8. The molecule has 5 heterocycles. The molecule has 246 valence electrons. The Hall–Kier alpha value is -6.89. The maximum absolute atomic E-state index is 5.49. The molecule has 0 spiro atoms. The number of hydrogen-bond donors (Lipinski definition) is 0. The topological polar surface area (TPSA) is 48.0 Å². The molecule has 0 saturated carbocycles. The molecule has 5 aromatic heterocycles. The van der Waals surface area contributed by atoms with Crippen molar-refractivity contribution in [2.24, 2.45) is 0 Å². The van der Waals surface area contributed by atoms with E-state index in [0.717, 1.165) is 71.9 Å². The Morgan fingerprint density at radius 1 is 0.415 bits per heavy atom. The van der Waals surface area contributed by atoms with Gasteiger partial charge in [0.2, 0.25) is 5.95 Å². The average Bonchev–Trinajstić information content (AvgIpc) is 3.87. The molecule has 0 aliphatic carbocycles. The van der Waals surface area contributed by atoms with Crippen molar-refractivity contribution in [3.63, 3.8) is 0 Å². The summed E-state index contributed by atoms with van der Waals surface area (Å²) < 4.78 is 7.22. The predicted molar refractivity (Wildman–Crippen MR) is 221 cm³/mol. The Morgan fingerprint density at radius 3 is 1.94 bits per heavy atom. The van der Waals surface area contributed by atoms with Crippen molar-refractivity contribution in [2.75, 3.05) is 0 Å². The van der Waals surface area contributed by atoms with Crippen molar-refractivity contribution in [1.29, 1.82) is 0 Å². The molecule has 12 aromatic rings. The van der Waals surface area contributed by atoms with Crippen LogP contribution in [0, 0.1) is 0 Å². The number of rotatable bonds is 3. The molecule has 0 unspecified atom stereocenters. The van der Waals surface area contributed by atoms with Gasteiger partial charge in [0.25, 0.3) is 0 Å². The Kier molecular flexibility index (Phi) is 5.87. The molecule has 0 aliphatic rings. The summed E-state index contributed by atoms with van der Waals surface area (Å²) in [5, 5.41) is 8.12. The third-order valence-electron chi connectivity index (χ3n) is 10.7. The van der Waals surface area contributed by atoms with Crippen LogP contribution in [-0.2, 0) is 0 Å². The largest absolute Gasteiger partial charge is 0.292 e. The second-order valence-corrected chi connectivity index (χ2v) is 14.7. The lowest BCUT2D eigenvalue weighted by molar-refractivity contribution is 0.992. The highest BCUT2D eigenvalue weighted by atomic mass is 32.1. The third-order valence-corrected chi connectivity index (χ3v) is 11.8.